The van der Waals surface area contributed by atoms with E-state index in [0.717, 1.165) is 12.1 Å². The van der Waals surface area contributed by atoms with Crippen LogP contribution in [0.15, 0.2) is 29.4 Å². The van der Waals surface area contributed by atoms with Gasteiger partial charge >= 0.3 is 6.18 Å². The van der Waals surface area contributed by atoms with Crippen LogP contribution >= 0.6 is 23.2 Å². The first-order valence-electron chi connectivity index (χ1n) is 5.33. The van der Waals surface area contributed by atoms with Crippen molar-refractivity contribution in [3.63, 3.8) is 0 Å². The van der Waals surface area contributed by atoms with Crippen molar-refractivity contribution in [2.24, 2.45) is 0 Å². The molecule has 0 unspecified atom stereocenters. The molecule has 0 saturated heterocycles. The van der Waals surface area contributed by atoms with Crippen LogP contribution in [0.25, 0.3) is 0 Å². The van der Waals surface area contributed by atoms with Gasteiger partial charge in [0.2, 0.25) is 0 Å². The van der Waals surface area contributed by atoms with Gasteiger partial charge in [0, 0.05) is 26.0 Å². The zero-order chi connectivity index (χ0) is 15.5. The van der Waals surface area contributed by atoms with E-state index in [1.54, 1.807) is 14.1 Å². The molecule has 110 valence electrons. The second-order valence-corrected chi connectivity index (χ2v) is 4.90. The Hall–Kier alpha value is -1.40. The molecule has 0 radical (unpaired) electrons. The molecule has 1 aromatic carbocycles. The van der Waals surface area contributed by atoms with E-state index in [-0.39, 0.29) is 10.7 Å². The van der Waals surface area contributed by atoms with Crippen molar-refractivity contribution >= 4 is 34.8 Å². The number of carbonyl (C=O) groups is 1. The average Bonchev–Trinajstić information content (AvgIpc) is 2.29. The first-order chi connectivity index (χ1) is 9.11. The van der Waals surface area contributed by atoms with Gasteiger partial charge in [0.25, 0.3) is 5.91 Å². The third-order valence-electron chi connectivity index (χ3n) is 2.12. The van der Waals surface area contributed by atoms with Crippen LogP contribution in [0.3, 0.4) is 0 Å². The molecule has 0 heterocycles. The standard InChI is InChI=1S/C12H11Cl2F3N2O/c1-19(2)6-10(14)11(20)18-7-3-4-9(13)8(5-7)12(15,16)17/h3-6H,1-2H3,(H,18,20)/b10-6-. The fourth-order valence-electron chi connectivity index (χ4n) is 1.30. The van der Waals surface area contributed by atoms with Gasteiger partial charge in [-0.2, -0.15) is 13.2 Å². The van der Waals surface area contributed by atoms with Crippen molar-refractivity contribution in [2.75, 3.05) is 19.4 Å². The molecule has 0 fully saturated rings. The zero-order valence-electron chi connectivity index (χ0n) is 10.6. The van der Waals surface area contributed by atoms with Crippen LogP contribution in [0.4, 0.5) is 18.9 Å². The molecule has 3 nitrogen and oxygen atoms in total. The molecule has 0 saturated carbocycles. The quantitative estimate of drug-likeness (QED) is 0.853. The van der Waals surface area contributed by atoms with Crippen molar-refractivity contribution < 1.29 is 18.0 Å². The molecule has 1 amide bonds. The number of carbonyl (C=O) groups excluding carboxylic acids is 1. The average molecular weight is 327 g/mol. The number of nitrogens with one attached hydrogen (secondary N) is 1. The van der Waals surface area contributed by atoms with Gasteiger partial charge < -0.3 is 10.2 Å². The lowest BCUT2D eigenvalue weighted by Crippen LogP contribution is -2.15. The Balaban J connectivity index is 2.98. The Kier molecular flexibility index (Phi) is 5.30. The predicted molar refractivity (Wildman–Crippen MR) is 72.7 cm³/mol. The smallest absolute Gasteiger partial charge is 0.382 e. The second kappa shape index (κ2) is 6.37. The highest BCUT2D eigenvalue weighted by Crippen LogP contribution is 2.36. The van der Waals surface area contributed by atoms with Crippen molar-refractivity contribution in [3.8, 4) is 0 Å². The maximum absolute atomic E-state index is 12.7. The minimum atomic E-state index is -4.60. The molecule has 0 bridgehead atoms. The van der Waals surface area contributed by atoms with E-state index in [1.807, 2.05) is 0 Å². The summed E-state index contributed by atoms with van der Waals surface area (Å²) in [6.45, 7) is 0. The third-order valence-corrected chi connectivity index (χ3v) is 2.72. The lowest BCUT2D eigenvalue weighted by molar-refractivity contribution is -0.137. The minimum absolute atomic E-state index is 0.0444. The molecule has 0 aliphatic carbocycles. The molecule has 0 atom stereocenters. The fraction of sp³-hybridized carbons (Fsp3) is 0.250. The van der Waals surface area contributed by atoms with Gasteiger partial charge in [-0.1, -0.05) is 23.2 Å². The van der Waals surface area contributed by atoms with Crippen molar-refractivity contribution in [2.45, 2.75) is 6.18 Å². The normalized spacial score (nSPS) is 12.2. The maximum Gasteiger partial charge on any atom is 0.417 e. The lowest BCUT2D eigenvalue weighted by Gasteiger charge is -2.12. The number of anilines is 1. The first kappa shape index (κ1) is 16.7. The van der Waals surface area contributed by atoms with E-state index in [0.29, 0.717) is 0 Å². The molecule has 8 heteroatoms. The van der Waals surface area contributed by atoms with Crippen LogP contribution in [-0.2, 0) is 11.0 Å². The second-order valence-electron chi connectivity index (χ2n) is 4.09. The maximum atomic E-state index is 12.7. The molecule has 0 aromatic heterocycles. The van der Waals surface area contributed by atoms with Crippen LogP contribution < -0.4 is 5.32 Å². The Morgan fingerprint density at radius 1 is 1.35 bits per heavy atom. The topological polar surface area (TPSA) is 32.3 Å². The van der Waals surface area contributed by atoms with Crippen LogP contribution in [0, 0.1) is 0 Å². The molecule has 20 heavy (non-hydrogen) atoms. The van der Waals surface area contributed by atoms with Gasteiger partial charge in [-0.15, -0.1) is 0 Å². The number of alkyl halides is 3. The number of halogens is 5. The van der Waals surface area contributed by atoms with Gasteiger partial charge in [-0.3, -0.25) is 4.79 Å². The van der Waals surface area contributed by atoms with Crippen LogP contribution in [0.5, 0.6) is 0 Å². The van der Waals surface area contributed by atoms with Gasteiger partial charge in [0.05, 0.1) is 10.6 Å². The molecule has 1 rings (SSSR count). The molecule has 0 aliphatic heterocycles. The zero-order valence-corrected chi connectivity index (χ0v) is 12.1. The van der Waals surface area contributed by atoms with Crippen LogP contribution in [0.2, 0.25) is 5.02 Å². The highest BCUT2D eigenvalue weighted by atomic mass is 35.5. The Morgan fingerprint density at radius 2 is 1.95 bits per heavy atom. The monoisotopic (exact) mass is 326 g/mol. The van der Waals surface area contributed by atoms with Gasteiger partial charge in [0.15, 0.2) is 0 Å². The number of hydrogen-bond acceptors (Lipinski definition) is 2. The van der Waals surface area contributed by atoms with E-state index in [1.165, 1.54) is 17.2 Å². The summed E-state index contributed by atoms with van der Waals surface area (Å²) in [6, 6.07) is 3.07. The SMILES string of the molecule is CN(C)/C=C(\Cl)C(=O)Nc1ccc(Cl)c(C(F)(F)F)c1. The third kappa shape index (κ3) is 4.61. The molecule has 1 aromatic rings. The van der Waals surface area contributed by atoms with Crippen molar-refractivity contribution in [1.82, 2.24) is 4.90 Å². The van der Waals surface area contributed by atoms with E-state index in [4.69, 9.17) is 23.2 Å². The van der Waals surface area contributed by atoms with Crippen molar-refractivity contribution in [1.29, 1.82) is 0 Å². The summed E-state index contributed by atoms with van der Waals surface area (Å²) < 4.78 is 38.0. The predicted octanol–water partition coefficient (Wildman–Crippen LogP) is 3.94. The lowest BCUT2D eigenvalue weighted by atomic mass is 10.2. The van der Waals surface area contributed by atoms with E-state index in [2.05, 4.69) is 5.32 Å². The van der Waals surface area contributed by atoms with Crippen molar-refractivity contribution in [3.05, 3.63) is 40.0 Å². The molecular formula is C12H11Cl2F3N2O. The largest absolute Gasteiger partial charge is 0.417 e. The number of amides is 1. The summed E-state index contributed by atoms with van der Waals surface area (Å²) in [7, 11) is 3.30. The summed E-state index contributed by atoms with van der Waals surface area (Å²) in [5.74, 6) is -0.712. The summed E-state index contributed by atoms with van der Waals surface area (Å²) in [5.41, 5.74) is -1.07. The first-order valence-corrected chi connectivity index (χ1v) is 6.08. The summed E-state index contributed by atoms with van der Waals surface area (Å²) in [5, 5.41) is 1.67. The van der Waals surface area contributed by atoms with E-state index < -0.39 is 22.7 Å². The number of nitrogens with zero attached hydrogens (tertiary/aromatic N) is 1. The van der Waals surface area contributed by atoms with Gasteiger partial charge in [0.1, 0.15) is 5.03 Å². The number of hydrogen-bond donors (Lipinski definition) is 1. The Labute approximate surface area is 124 Å². The highest BCUT2D eigenvalue weighted by molar-refractivity contribution is 6.43. The summed E-state index contributed by atoms with van der Waals surface area (Å²) >= 11 is 11.2. The number of rotatable bonds is 3. The summed E-state index contributed by atoms with van der Waals surface area (Å²) in [4.78, 5) is 13.2. The highest BCUT2D eigenvalue weighted by Gasteiger charge is 2.33. The van der Waals surface area contributed by atoms with E-state index in [9.17, 15) is 18.0 Å². The van der Waals surface area contributed by atoms with Crippen LogP contribution in [-0.4, -0.2) is 24.9 Å². The molecule has 0 spiro atoms. The van der Waals surface area contributed by atoms with E-state index >= 15 is 0 Å². The summed E-state index contributed by atoms with van der Waals surface area (Å²) in [6.07, 6.45) is -3.27. The minimum Gasteiger partial charge on any atom is -0.382 e. The Bertz CT molecular complexity index is 542. The molecule has 0 aliphatic rings. The van der Waals surface area contributed by atoms with Gasteiger partial charge in [-0.25, -0.2) is 0 Å². The molecular weight excluding hydrogens is 316 g/mol. The van der Waals surface area contributed by atoms with Crippen LogP contribution in [0.1, 0.15) is 5.56 Å². The Morgan fingerprint density at radius 3 is 2.45 bits per heavy atom. The number of benzene rings is 1. The van der Waals surface area contributed by atoms with Gasteiger partial charge in [-0.05, 0) is 18.2 Å². The molecule has 1 N–H and O–H groups in total. The fourth-order valence-corrected chi connectivity index (χ4v) is 1.76.